The maximum atomic E-state index is 12.9. The first-order valence-corrected chi connectivity index (χ1v) is 18.5. The maximum Gasteiger partial charge on any atom is 0.319 e. The van der Waals surface area contributed by atoms with Crippen LogP contribution in [0.5, 0.6) is 0 Å². The number of anilines is 1. The summed E-state index contributed by atoms with van der Waals surface area (Å²) in [5.74, 6) is -0.133. The number of isocyanates is 1. The molecule has 12 nitrogen and oxygen atoms in total. The van der Waals surface area contributed by atoms with E-state index in [9.17, 15) is 19.2 Å². The molecule has 0 aliphatic heterocycles. The fourth-order valence-electron chi connectivity index (χ4n) is 4.48. The van der Waals surface area contributed by atoms with Crippen LogP contribution in [0.1, 0.15) is 65.8 Å². The summed E-state index contributed by atoms with van der Waals surface area (Å²) in [6.45, 7) is 5.66. The normalized spacial score (nSPS) is 10.0. The number of pyridine rings is 2. The van der Waals surface area contributed by atoms with Gasteiger partial charge in [0.15, 0.2) is 5.78 Å². The molecule has 0 unspecified atom stereocenters. The van der Waals surface area contributed by atoms with Crippen LogP contribution >= 0.6 is 43.5 Å². The minimum Gasteiger partial charge on any atom is -0.346 e. The molecule has 0 spiro atoms. The molecule has 0 atom stereocenters. The van der Waals surface area contributed by atoms with E-state index in [1.807, 2.05) is 24.4 Å². The highest BCUT2D eigenvalue weighted by Crippen LogP contribution is 2.24. The Morgan fingerprint density at radius 2 is 1.58 bits per heavy atom. The first kappa shape index (κ1) is 42.4. The van der Waals surface area contributed by atoms with E-state index in [0.29, 0.717) is 40.3 Å². The summed E-state index contributed by atoms with van der Waals surface area (Å²) in [7, 11) is 0. The van der Waals surface area contributed by atoms with Crippen molar-refractivity contribution in [3.63, 3.8) is 0 Å². The third-order valence-corrected chi connectivity index (χ3v) is 8.20. The van der Waals surface area contributed by atoms with Crippen LogP contribution in [-0.4, -0.2) is 56.2 Å². The van der Waals surface area contributed by atoms with E-state index in [1.54, 1.807) is 61.1 Å². The van der Waals surface area contributed by atoms with Gasteiger partial charge in [-0.25, -0.2) is 19.6 Å². The Bertz CT molecular complexity index is 2150. The molecule has 6 N–H and O–H groups in total. The number of amides is 2. The maximum absolute atomic E-state index is 12.9. The Kier molecular flexibility index (Phi) is 18.3. The number of carbonyl (C=O) groups is 3. The van der Waals surface area contributed by atoms with Crippen molar-refractivity contribution >= 4 is 100 Å². The highest BCUT2D eigenvalue weighted by molar-refractivity contribution is 9.10. The first-order valence-electron chi connectivity index (χ1n) is 16.6. The number of nitrogens with two attached hydrogens (primary N) is 1. The van der Waals surface area contributed by atoms with Crippen LogP contribution < -0.4 is 16.4 Å². The van der Waals surface area contributed by atoms with Crippen molar-refractivity contribution < 1.29 is 19.2 Å². The van der Waals surface area contributed by atoms with Crippen molar-refractivity contribution in [1.82, 2.24) is 25.3 Å². The largest absolute Gasteiger partial charge is 0.346 e. The lowest BCUT2D eigenvalue weighted by molar-refractivity contribution is 0.103. The lowest BCUT2D eigenvalue weighted by atomic mass is 10.0. The van der Waals surface area contributed by atoms with E-state index in [0.717, 1.165) is 44.8 Å². The van der Waals surface area contributed by atoms with E-state index in [1.165, 1.54) is 25.0 Å². The Labute approximate surface area is 328 Å². The van der Waals surface area contributed by atoms with E-state index in [2.05, 4.69) is 81.3 Å². The van der Waals surface area contributed by atoms with Crippen molar-refractivity contribution in [2.24, 2.45) is 10.7 Å². The number of unbranched alkanes of at least 4 members (excludes halogenated alkanes) is 2. The summed E-state index contributed by atoms with van der Waals surface area (Å²) < 4.78 is 1.82. The molecule has 4 heterocycles. The minimum atomic E-state index is -0.571. The van der Waals surface area contributed by atoms with Crippen molar-refractivity contribution in [3.05, 3.63) is 117 Å². The Hall–Kier alpha value is -4.98. The molecular weight excluding hydrogens is 828 g/mol. The number of halogens is 3. The molecule has 0 radical (unpaired) electrons. The smallest absolute Gasteiger partial charge is 0.319 e. The van der Waals surface area contributed by atoms with E-state index >= 15 is 0 Å². The number of ketones is 1. The highest BCUT2D eigenvalue weighted by atomic mass is 79.9. The van der Waals surface area contributed by atoms with Crippen LogP contribution in [-0.2, 0) is 4.79 Å². The summed E-state index contributed by atoms with van der Waals surface area (Å²) in [6.07, 6.45) is 12.7. The molecule has 0 fully saturated rings. The van der Waals surface area contributed by atoms with Gasteiger partial charge in [-0.2, -0.15) is 4.99 Å². The van der Waals surface area contributed by atoms with Crippen molar-refractivity contribution in [2.75, 3.05) is 18.4 Å². The van der Waals surface area contributed by atoms with Gasteiger partial charge in [0.2, 0.25) is 6.08 Å². The van der Waals surface area contributed by atoms with Gasteiger partial charge in [0, 0.05) is 73.4 Å². The number of nitrogens with zero attached hydrogens (tertiary/aromatic N) is 3. The Morgan fingerprint density at radius 1 is 0.887 bits per heavy atom. The van der Waals surface area contributed by atoms with Gasteiger partial charge in [-0.05, 0) is 111 Å². The molecule has 0 aliphatic carbocycles. The van der Waals surface area contributed by atoms with E-state index in [4.69, 9.17) is 17.3 Å². The van der Waals surface area contributed by atoms with Crippen LogP contribution in [0, 0.1) is 0 Å². The van der Waals surface area contributed by atoms with Gasteiger partial charge in [-0.3, -0.25) is 9.59 Å². The second-order valence-corrected chi connectivity index (χ2v) is 13.3. The first-order chi connectivity index (χ1) is 25.6. The number of aromatic nitrogens is 4. The third-order valence-electron chi connectivity index (χ3n) is 7.11. The van der Waals surface area contributed by atoms with Crippen LogP contribution in [0.4, 0.5) is 16.2 Å². The van der Waals surface area contributed by atoms with Crippen molar-refractivity contribution in [2.45, 2.75) is 39.5 Å². The average molecular weight is 867 g/mol. The summed E-state index contributed by atoms with van der Waals surface area (Å²) in [6, 6.07) is 18.6. The van der Waals surface area contributed by atoms with Crippen molar-refractivity contribution in [3.8, 4) is 0 Å². The van der Waals surface area contributed by atoms with Crippen molar-refractivity contribution in [1.29, 1.82) is 0 Å². The highest BCUT2D eigenvalue weighted by Gasteiger charge is 2.16. The Morgan fingerprint density at radius 3 is 2.26 bits per heavy atom. The summed E-state index contributed by atoms with van der Waals surface area (Å²) >= 11 is 11.9. The number of H-pyrrole nitrogens is 2. The standard InChI is InChI=1S/C19H19BrN4O2.C8H4ClNO2.C7H5BrN2.C4H11N/c1-2-3-7-21-19(26)24-14-6-4-5-12(8-14)17(25)16-11-23-18-15(16)9-13(20)10-22-18;9-8(12)6-2-1-3-7(4-6)10-5-11;8-6-3-5-1-2-9-7(5)10-4-6;1-2-3-4-5/h4-6,8-11H,2-3,7H2,1H3,(H,22,23)(H2,21,24,26);1-4H;1-4H,(H,9,10);2-5H2,1H3. The molecule has 2 amide bonds. The zero-order valence-electron chi connectivity index (χ0n) is 29.1. The lowest BCUT2D eigenvalue weighted by Gasteiger charge is -2.08. The van der Waals surface area contributed by atoms with Gasteiger partial charge in [0.1, 0.15) is 11.3 Å². The van der Waals surface area contributed by atoms with E-state index < -0.39 is 5.24 Å². The molecule has 15 heteroatoms. The molecule has 2 aromatic carbocycles. The molecule has 0 saturated carbocycles. The predicted molar refractivity (Wildman–Crippen MR) is 218 cm³/mol. The number of carbonyl (C=O) groups excluding carboxylic acids is 4. The molecule has 6 rings (SSSR count). The van der Waals surface area contributed by atoms with Gasteiger partial charge in [-0.1, -0.05) is 44.9 Å². The molecule has 53 heavy (non-hydrogen) atoms. The number of hydrogen-bond acceptors (Lipinski definition) is 8. The second kappa shape index (κ2) is 22.8. The molecule has 4 aromatic heterocycles. The number of hydrogen-bond donors (Lipinski definition) is 5. The van der Waals surface area contributed by atoms with Crippen LogP contribution in [0.3, 0.4) is 0 Å². The number of urea groups is 1. The number of benzene rings is 2. The van der Waals surface area contributed by atoms with Gasteiger partial charge in [-0.15, -0.1) is 0 Å². The lowest BCUT2D eigenvalue weighted by Crippen LogP contribution is -2.29. The van der Waals surface area contributed by atoms with Crippen LogP contribution in [0.15, 0.2) is 105 Å². The fraction of sp³-hybridized carbons (Fsp3) is 0.211. The zero-order valence-corrected chi connectivity index (χ0v) is 33.0. The van der Waals surface area contributed by atoms with E-state index in [-0.39, 0.29) is 11.8 Å². The number of rotatable bonds is 10. The minimum absolute atomic E-state index is 0.133. The molecule has 0 saturated heterocycles. The molecular formula is C38H39Br2ClN8O4. The fourth-order valence-corrected chi connectivity index (χ4v) is 5.28. The summed E-state index contributed by atoms with van der Waals surface area (Å²) in [5, 5.41) is 6.86. The topological polar surface area (TPSA) is 188 Å². The number of fused-ring (bicyclic) bond motifs is 2. The third kappa shape index (κ3) is 14.2. The molecule has 276 valence electrons. The average Bonchev–Trinajstić information content (AvgIpc) is 3.79. The van der Waals surface area contributed by atoms with Gasteiger partial charge in [0.25, 0.3) is 5.24 Å². The summed E-state index contributed by atoms with van der Waals surface area (Å²) in [5.41, 5.74) is 9.02. The van der Waals surface area contributed by atoms with Gasteiger partial charge < -0.3 is 26.3 Å². The SMILES string of the molecule is Brc1cnc2[nH]ccc2c1.CCCCN.CCCCNC(=O)Nc1cccc(C(=O)c2c[nH]c3ncc(Br)cc23)c1.O=C=Nc1cccc(C(=O)Cl)c1. The zero-order chi connectivity index (χ0) is 38.6. The van der Waals surface area contributed by atoms with Gasteiger partial charge >= 0.3 is 6.03 Å². The number of aromatic amines is 2. The molecule has 0 bridgehead atoms. The quantitative estimate of drug-likeness (QED) is 0.0298. The Balaban J connectivity index is 0.000000229. The number of nitrogens with one attached hydrogen (secondary N) is 4. The molecule has 0 aliphatic rings. The summed E-state index contributed by atoms with van der Waals surface area (Å²) in [4.78, 5) is 63.0. The molecule has 6 aromatic rings. The monoisotopic (exact) mass is 864 g/mol. The predicted octanol–water partition coefficient (Wildman–Crippen LogP) is 9.58. The van der Waals surface area contributed by atoms with Crippen LogP contribution in [0.2, 0.25) is 0 Å². The number of aliphatic imine (C=N–C) groups is 1. The van der Waals surface area contributed by atoms with Crippen LogP contribution in [0.25, 0.3) is 22.1 Å². The van der Waals surface area contributed by atoms with Gasteiger partial charge in [0.05, 0.1) is 5.69 Å². The second-order valence-electron chi connectivity index (χ2n) is 11.1.